The first-order chi connectivity index (χ1) is 9.15. The van der Waals surface area contributed by atoms with Gasteiger partial charge in [0.15, 0.2) is 0 Å². The third-order valence-corrected chi connectivity index (χ3v) is 3.28. The van der Waals surface area contributed by atoms with Crippen molar-refractivity contribution in [2.45, 2.75) is 53.8 Å². The fraction of sp³-hybridized carbons (Fsp3) is 0.571. The Morgan fingerprint density at radius 3 is 2.63 bits per heavy atom. The maximum absolute atomic E-state index is 4.51. The van der Waals surface area contributed by atoms with Gasteiger partial charge in [0.05, 0.1) is 35.5 Å². The highest BCUT2D eigenvalue weighted by Gasteiger charge is 2.08. The molecule has 0 atom stereocenters. The molecule has 0 aromatic carbocycles. The van der Waals surface area contributed by atoms with E-state index < -0.39 is 0 Å². The molecule has 2 aromatic rings. The minimum absolute atomic E-state index is 0.789. The summed E-state index contributed by atoms with van der Waals surface area (Å²) in [5, 5.41) is 12.3. The third kappa shape index (κ3) is 2.97. The molecule has 1 N–H and O–H groups in total. The van der Waals surface area contributed by atoms with Crippen LogP contribution < -0.4 is 5.32 Å². The molecule has 5 heteroatoms. The van der Waals surface area contributed by atoms with Crippen molar-refractivity contribution in [1.29, 1.82) is 0 Å². The van der Waals surface area contributed by atoms with Crippen LogP contribution in [0.15, 0.2) is 12.3 Å². The Bertz CT molecular complexity index is 538. The lowest BCUT2D eigenvalue weighted by molar-refractivity contribution is 0.575. The molecule has 104 valence electrons. The molecule has 0 amide bonds. The zero-order valence-corrected chi connectivity index (χ0v) is 12.3. The van der Waals surface area contributed by atoms with E-state index in [4.69, 9.17) is 0 Å². The van der Waals surface area contributed by atoms with Gasteiger partial charge in [-0.05, 0) is 33.3 Å². The van der Waals surface area contributed by atoms with E-state index in [1.54, 1.807) is 0 Å². The minimum Gasteiger partial charge on any atom is -0.377 e. The maximum atomic E-state index is 4.51. The first kappa shape index (κ1) is 13.6. The zero-order chi connectivity index (χ0) is 13.8. The Morgan fingerprint density at radius 1 is 1.21 bits per heavy atom. The molecule has 2 heterocycles. The molecule has 0 saturated carbocycles. The van der Waals surface area contributed by atoms with Gasteiger partial charge in [0.25, 0.3) is 0 Å². The standard InChI is InChI=1S/C14H23N5/c1-5-7-19-13(8-11(3)17-19)9-15-14-10-16-18(6-2)12(14)4/h8,10,15H,5-7,9H2,1-4H3. The Balaban J connectivity index is 2.07. The van der Waals surface area contributed by atoms with Crippen LogP contribution in [0.1, 0.15) is 37.4 Å². The van der Waals surface area contributed by atoms with E-state index in [9.17, 15) is 0 Å². The number of nitrogens with one attached hydrogen (secondary N) is 1. The second kappa shape index (κ2) is 5.91. The molecule has 0 fully saturated rings. The molecule has 0 aliphatic carbocycles. The highest BCUT2D eigenvalue weighted by Crippen LogP contribution is 2.15. The summed E-state index contributed by atoms with van der Waals surface area (Å²) in [6.07, 6.45) is 2.99. The van der Waals surface area contributed by atoms with Crippen LogP contribution in [0.2, 0.25) is 0 Å². The van der Waals surface area contributed by atoms with Crippen LogP contribution in [0.5, 0.6) is 0 Å². The topological polar surface area (TPSA) is 47.7 Å². The van der Waals surface area contributed by atoms with Crippen molar-refractivity contribution >= 4 is 5.69 Å². The number of anilines is 1. The van der Waals surface area contributed by atoms with Crippen molar-refractivity contribution in [3.05, 3.63) is 29.3 Å². The van der Waals surface area contributed by atoms with Crippen molar-refractivity contribution in [3.63, 3.8) is 0 Å². The van der Waals surface area contributed by atoms with E-state index in [1.807, 2.05) is 17.8 Å². The normalized spacial score (nSPS) is 10.9. The molecule has 0 spiro atoms. The predicted molar refractivity (Wildman–Crippen MR) is 77.2 cm³/mol. The molecule has 2 rings (SSSR count). The quantitative estimate of drug-likeness (QED) is 0.869. The molecule has 0 aliphatic heterocycles. The van der Waals surface area contributed by atoms with E-state index in [1.165, 1.54) is 11.4 Å². The second-order valence-corrected chi connectivity index (χ2v) is 4.81. The van der Waals surface area contributed by atoms with Crippen LogP contribution in [0, 0.1) is 13.8 Å². The highest BCUT2D eigenvalue weighted by molar-refractivity contribution is 5.46. The number of hydrogen-bond donors (Lipinski definition) is 1. The summed E-state index contributed by atoms with van der Waals surface area (Å²) in [6.45, 7) is 11.1. The summed E-state index contributed by atoms with van der Waals surface area (Å²) in [4.78, 5) is 0. The van der Waals surface area contributed by atoms with Crippen molar-refractivity contribution in [2.75, 3.05) is 5.32 Å². The van der Waals surface area contributed by atoms with Crippen LogP contribution in [0.3, 0.4) is 0 Å². The molecule has 2 aromatic heterocycles. The molecule has 0 bridgehead atoms. The van der Waals surface area contributed by atoms with Gasteiger partial charge in [0.2, 0.25) is 0 Å². The molecule has 0 saturated heterocycles. The molecule has 0 radical (unpaired) electrons. The van der Waals surface area contributed by atoms with Crippen LogP contribution in [-0.4, -0.2) is 19.6 Å². The molecular formula is C14H23N5. The van der Waals surface area contributed by atoms with Gasteiger partial charge >= 0.3 is 0 Å². The smallest absolute Gasteiger partial charge is 0.0759 e. The Labute approximate surface area is 114 Å². The summed E-state index contributed by atoms with van der Waals surface area (Å²) in [7, 11) is 0. The summed E-state index contributed by atoms with van der Waals surface area (Å²) in [6, 6.07) is 2.14. The summed E-state index contributed by atoms with van der Waals surface area (Å²) < 4.78 is 4.08. The van der Waals surface area contributed by atoms with Crippen LogP contribution >= 0.6 is 0 Å². The Hall–Kier alpha value is -1.78. The predicted octanol–water partition coefficient (Wildman–Crippen LogP) is 2.74. The molecular weight excluding hydrogens is 238 g/mol. The number of nitrogens with zero attached hydrogens (tertiary/aromatic N) is 4. The average Bonchev–Trinajstić information content (AvgIpc) is 2.91. The number of aromatic nitrogens is 4. The maximum Gasteiger partial charge on any atom is 0.0759 e. The van der Waals surface area contributed by atoms with Crippen LogP contribution in [-0.2, 0) is 19.6 Å². The fourth-order valence-electron chi connectivity index (χ4n) is 2.27. The van der Waals surface area contributed by atoms with Crippen LogP contribution in [0.25, 0.3) is 0 Å². The molecule has 0 aliphatic rings. The lowest BCUT2D eigenvalue weighted by Gasteiger charge is -2.08. The van der Waals surface area contributed by atoms with Gasteiger partial charge < -0.3 is 5.32 Å². The van der Waals surface area contributed by atoms with Crippen molar-refractivity contribution in [2.24, 2.45) is 0 Å². The van der Waals surface area contributed by atoms with E-state index in [2.05, 4.69) is 47.0 Å². The largest absolute Gasteiger partial charge is 0.377 e. The van der Waals surface area contributed by atoms with Gasteiger partial charge in [-0.25, -0.2) is 0 Å². The van der Waals surface area contributed by atoms with Crippen molar-refractivity contribution < 1.29 is 0 Å². The Morgan fingerprint density at radius 2 is 2.00 bits per heavy atom. The van der Waals surface area contributed by atoms with Crippen LogP contribution in [0.4, 0.5) is 5.69 Å². The highest BCUT2D eigenvalue weighted by atomic mass is 15.3. The van der Waals surface area contributed by atoms with Gasteiger partial charge in [-0.3, -0.25) is 9.36 Å². The van der Waals surface area contributed by atoms with E-state index in [0.717, 1.165) is 37.4 Å². The first-order valence-corrected chi connectivity index (χ1v) is 6.95. The zero-order valence-electron chi connectivity index (χ0n) is 12.3. The third-order valence-electron chi connectivity index (χ3n) is 3.28. The van der Waals surface area contributed by atoms with Gasteiger partial charge in [-0.1, -0.05) is 6.92 Å². The summed E-state index contributed by atoms with van der Waals surface area (Å²) in [5.74, 6) is 0. The lowest BCUT2D eigenvalue weighted by atomic mass is 10.3. The fourth-order valence-corrected chi connectivity index (χ4v) is 2.27. The van der Waals surface area contributed by atoms with E-state index in [-0.39, 0.29) is 0 Å². The lowest BCUT2D eigenvalue weighted by Crippen LogP contribution is -2.09. The van der Waals surface area contributed by atoms with Gasteiger partial charge in [0.1, 0.15) is 0 Å². The average molecular weight is 261 g/mol. The van der Waals surface area contributed by atoms with Crippen molar-refractivity contribution in [3.8, 4) is 0 Å². The van der Waals surface area contributed by atoms with Gasteiger partial charge in [-0.15, -0.1) is 0 Å². The number of aryl methyl sites for hydroxylation is 3. The molecule has 0 unspecified atom stereocenters. The Kier molecular flexibility index (Phi) is 4.24. The minimum atomic E-state index is 0.789. The molecule has 5 nitrogen and oxygen atoms in total. The van der Waals surface area contributed by atoms with Gasteiger partial charge in [0, 0.05) is 13.1 Å². The monoisotopic (exact) mass is 261 g/mol. The van der Waals surface area contributed by atoms with E-state index in [0.29, 0.717) is 0 Å². The first-order valence-electron chi connectivity index (χ1n) is 6.95. The van der Waals surface area contributed by atoms with Gasteiger partial charge in [-0.2, -0.15) is 10.2 Å². The number of rotatable bonds is 6. The summed E-state index contributed by atoms with van der Waals surface area (Å²) >= 11 is 0. The number of hydrogen-bond acceptors (Lipinski definition) is 3. The van der Waals surface area contributed by atoms with Crippen molar-refractivity contribution in [1.82, 2.24) is 19.6 Å². The van der Waals surface area contributed by atoms with E-state index >= 15 is 0 Å². The molecule has 19 heavy (non-hydrogen) atoms. The second-order valence-electron chi connectivity index (χ2n) is 4.81. The SMILES string of the molecule is CCCn1nc(C)cc1CNc1cnn(CC)c1C. The summed E-state index contributed by atoms with van der Waals surface area (Å²) in [5.41, 5.74) is 4.58.